The maximum atomic E-state index is 5.42. The van der Waals surface area contributed by atoms with Gasteiger partial charge in [0.2, 0.25) is 5.89 Å². The van der Waals surface area contributed by atoms with E-state index in [9.17, 15) is 0 Å². The molecule has 2 fully saturated rings. The number of nitrogens with zero attached hydrogens (tertiary/aromatic N) is 2. The van der Waals surface area contributed by atoms with E-state index in [0.717, 1.165) is 24.7 Å². The lowest BCUT2D eigenvalue weighted by atomic mass is 10.1. The molecule has 0 aromatic carbocycles. The van der Waals surface area contributed by atoms with Gasteiger partial charge in [-0.1, -0.05) is 31.8 Å². The van der Waals surface area contributed by atoms with E-state index < -0.39 is 0 Å². The molecule has 2 heterocycles. The third-order valence-corrected chi connectivity index (χ3v) is 4.14. The Morgan fingerprint density at radius 2 is 2.12 bits per heavy atom. The molecule has 0 radical (unpaired) electrons. The Kier molecular flexibility index (Phi) is 2.69. The van der Waals surface area contributed by atoms with E-state index in [4.69, 9.17) is 4.52 Å². The molecule has 1 aliphatic carbocycles. The predicted molar refractivity (Wildman–Crippen MR) is 64.6 cm³/mol. The number of aromatic nitrogens is 2. The fourth-order valence-electron chi connectivity index (χ4n) is 2.67. The maximum absolute atomic E-state index is 5.42. The summed E-state index contributed by atoms with van der Waals surface area (Å²) in [7, 11) is 0. The third kappa shape index (κ3) is 2.23. The molecule has 0 bridgehead atoms. The van der Waals surface area contributed by atoms with Crippen molar-refractivity contribution in [2.75, 3.05) is 6.54 Å². The summed E-state index contributed by atoms with van der Waals surface area (Å²) in [6.07, 6.45) is 6.14. The van der Waals surface area contributed by atoms with Crippen molar-refractivity contribution >= 4 is 0 Å². The number of rotatable bonds is 2. The summed E-state index contributed by atoms with van der Waals surface area (Å²) in [5, 5.41) is 7.67. The van der Waals surface area contributed by atoms with Crippen LogP contribution in [0.15, 0.2) is 4.52 Å². The summed E-state index contributed by atoms with van der Waals surface area (Å²) in [5.41, 5.74) is 0.362. The minimum atomic E-state index is 0.303. The van der Waals surface area contributed by atoms with Gasteiger partial charge in [0.05, 0.1) is 6.04 Å². The van der Waals surface area contributed by atoms with Crippen molar-refractivity contribution in [1.29, 1.82) is 0 Å². The first-order valence-electron chi connectivity index (χ1n) is 6.74. The first-order chi connectivity index (χ1) is 8.17. The molecule has 3 rings (SSSR count). The Morgan fingerprint density at radius 1 is 1.29 bits per heavy atom. The standard InChI is InChI=1S/C13H21N3O/c1-13(2)8-9(13)12-15-11(16-17-12)10-6-4-3-5-7-14-10/h9-10,14H,3-8H2,1-2H3. The fraction of sp³-hybridized carbons (Fsp3) is 0.846. The van der Waals surface area contributed by atoms with Crippen LogP contribution < -0.4 is 5.32 Å². The van der Waals surface area contributed by atoms with Crippen molar-refractivity contribution in [2.45, 2.75) is 57.9 Å². The summed E-state index contributed by atoms with van der Waals surface area (Å²) in [4.78, 5) is 4.59. The van der Waals surface area contributed by atoms with Crippen molar-refractivity contribution in [3.63, 3.8) is 0 Å². The van der Waals surface area contributed by atoms with Crippen molar-refractivity contribution in [3.8, 4) is 0 Å². The average Bonchev–Trinajstić information content (AvgIpc) is 2.81. The molecule has 1 aliphatic heterocycles. The molecule has 0 spiro atoms. The van der Waals surface area contributed by atoms with Gasteiger partial charge >= 0.3 is 0 Å². The highest BCUT2D eigenvalue weighted by Crippen LogP contribution is 2.58. The molecular weight excluding hydrogens is 214 g/mol. The molecule has 1 aromatic rings. The molecule has 4 nitrogen and oxygen atoms in total. The molecule has 4 heteroatoms. The smallest absolute Gasteiger partial charge is 0.230 e. The van der Waals surface area contributed by atoms with Crippen LogP contribution in [0.3, 0.4) is 0 Å². The molecule has 17 heavy (non-hydrogen) atoms. The average molecular weight is 235 g/mol. The lowest BCUT2D eigenvalue weighted by molar-refractivity contribution is 0.355. The zero-order valence-corrected chi connectivity index (χ0v) is 10.7. The second-order valence-corrected chi connectivity index (χ2v) is 6.09. The highest BCUT2D eigenvalue weighted by Gasteiger charge is 2.50. The van der Waals surface area contributed by atoms with Crippen LogP contribution in [0.2, 0.25) is 0 Å². The molecule has 0 amide bonds. The molecule has 1 N–H and O–H groups in total. The van der Waals surface area contributed by atoms with E-state index in [1.54, 1.807) is 0 Å². The molecule has 2 unspecified atom stereocenters. The lowest BCUT2D eigenvalue weighted by Gasteiger charge is -2.09. The van der Waals surface area contributed by atoms with Crippen molar-refractivity contribution in [1.82, 2.24) is 15.5 Å². The van der Waals surface area contributed by atoms with Gasteiger partial charge in [-0.2, -0.15) is 4.98 Å². The van der Waals surface area contributed by atoms with Gasteiger partial charge in [-0.15, -0.1) is 0 Å². The Balaban J connectivity index is 1.71. The van der Waals surface area contributed by atoms with Crippen LogP contribution in [0.1, 0.15) is 69.6 Å². The predicted octanol–water partition coefficient (Wildman–Crippen LogP) is 2.79. The number of hydrogen-bond donors (Lipinski definition) is 1. The van der Waals surface area contributed by atoms with Crippen molar-refractivity contribution in [2.24, 2.45) is 5.41 Å². The van der Waals surface area contributed by atoms with E-state index in [1.807, 2.05) is 0 Å². The lowest BCUT2D eigenvalue weighted by Crippen LogP contribution is -2.21. The largest absolute Gasteiger partial charge is 0.339 e. The van der Waals surface area contributed by atoms with Gasteiger partial charge in [0.1, 0.15) is 0 Å². The Labute approximate surface area is 102 Å². The highest BCUT2D eigenvalue weighted by atomic mass is 16.5. The van der Waals surface area contributed by atoms with E-state index in [-0.39, 0.29) is 0 Å². The van der Waals surface area contributed by atoms with Crippen LogP contribution in [0.25, 0.3) is 0 Å². The van der Waals surface area contributed by atoms with Crippen LogP contribution in [0, 0.1) is 5.41 Å². The molecule has 2 atom stereocenters. The Bertz CT molecular complexity index is 391. The molecule has 1 aromatic heterocycles. The van der Waals surface area contributed by atoms with Crippen LogP contribution in [-0.4, -0.2) is 16.7 Å². The monoisotopic (exact) mass is 235 g/mol. The van der Waals surface area contributed by atoms with Crippen LogP contribution in [-0.2, 0) is 0 Å². The first-order valence-corrected chi connectivity index (χ1v) is 6.74. The highest BCUT2D eigenvalue weighted by molar-refractivity contribution is 5.13. The van der Waals surface area contributed by atoms with Gasteiger partial charge in [-0.3, -0.25) is 0 Å². The zero-order valence-electron chi connectivity index (χ0n) is 10.7. The molecule has 2 aliphatic rings. The molecule has 1 saturated carbocycles. The minimum absolute atomic E-state index is 0.303. The molecule has 1 saturated heterocycles. The van der Waals surface area contributed by atoms with Gasteiger partial charge in [0.25, 0.3) is 0 Å². The Hall–Kier alpha value is -0.900. The third-order valence-electron chi connectivity index (χ3n) is 4.14. The number of hydrogen-bond acceptors (Lipinski definition) is 4. The van der Waals surface area contributed by atoms with Crippen molar-refractivity contribution < 1.29 is 4.52 Å². The molecule has 94 valence electrons. The summed E-state index contributed by atoms with van der Waals surface area (Å²) in [6.45, 7) is 5.58. The van der Waals surface area contributed by atoms with Gasteiger partial charge in [0.15, 0.2) is 5.82 Å². The first kappa shape index (κ1) is 11.2. The van der Waals surface area contributed by atoms with E-state index in [1.165, 1.54) is 25.7 Å². The van der Waals surface area contributed by atoms with Gasteiger partial charge in [0, 0.05) is 5.92 Å². The summed E-state index contributed by atoms with van der Waals surface area (Å²) in [6, 6.07) is 0.303. The SMILES string of the molecule is CC1(C)CC1c1nc(C2CCCCCN2)no1. The summed E-state index contributed by atoms with van der Waals surface area (Å²) >= 11 is 0. The van der Waals surface area contributed by atoms with Crippen molar-refractivity contribution in [3.05, 3.63) is 11.7 Å². The van der Waals surface area contributed by atoms with Gasteiger partial charge in [-0.05, 0) is 31.2 Å². The quantitative estimate of drug-likeness (QED) is 0.856. The number of nitrogens with one attached hydrogen (secondary N) is 1. The topological polar surface area (TPSA) is 51.0 Å². The molecular formula is C13H21N3O. The summed E-state index contributed by atoms with van der Waals surface area (Å²) < 4.78 is 5.42. The summed E-state index contributed by atoms with van der Waals surface area (Å²) in [5.74, 6) is 2.19. The zero-order chi connectivity index (χ0) is 11.9. The Morgan fingerprint density at radius 3 is 2.88 bits per heavy atom. The second kappa shape index (κ2) is 4.09. The minimum Gasteiger partial charge on any atom is -0.339 e. The van der Waals surface area contributed by atoms with Crippen LogP contribution in [0.4, 0.5) is 0 Å². The maximum Gasteiger partial charge on any atom is 0.230 e. The normalized spacial score (nSPS) is 32.1. The second-order valence-electron chi connectivity index (χ2n) is 6.09. The van der Waals surface area contributed by atoms with Gasteiger partial charge < -0.3 is 9.84 Å². The van der Waals surface area contributed by atoms with E-state index in [2.05, 4.69) is 29.3 Å². The van der Waals surface area contributed by atoms with E-state index in [0.29, 0.717) is 17.4 Å². The van der Waals surface area contributed by atoms with Crippen LogP contribution in [0.5, 0.6) is 0 Å². The fourth-order valence-corrected chi connectivity index (χ4v) is 2.67. The van der Waals surface area contributed by atoms with E-state index >= 15 is 0 Å². The van der Waals surface area contributed by atoms with Gasteiger partial charge in [-0.25, -0.2) is 0 Å². The van der Waals surface area contributed by atoms with Crippen LogP contribution >= 0.6 is 0 Å².